The molecule has 0 spiro atoms. The lowest BCUT2D eigenvalue weighted by Crippen LogP contribution is -2.40. The van der Waals surface area contributed by atoms with Crippen LogP contribution in [0, 0.1) is 11.8 Å². The van der Waals surface area contributed by atoms with E-state index in [4.69, 9.17) is 0 Å². The average molecular weight is 290 g/mol. The van der Waals surface area contributed by atoms with Crippen LogP contribution in [0.2, 0.25) is 0 Å². The number of halogens is 3. The minimum absolute atomic E-state index is 0.159. The lowest BCUT2D eigenvalue weighted by molar-refractivity contribution is -0.184. The Kier molecular flexibility index (Phi) is 4.67. The van der Waals surface area contributed by atoms with Crippen LogP contribution in [-0.4, -0.2) is 34.0 Å². The predicted octanol–water partition coefficient (Wildman–Crippen LogP) is 2.31. The first-order chi connectivity index (χ1) is 9.41. The van der Waals surface area contributed by atoms with Crippen molar-refractivity contribution in [2.75, 3.05) is 7.05 Å². The van der Waals surface area contributed by atoms with Crippen LogP contribution in [0.1, 0.15) is 31.5 Å². The molecule has 0 amide bonds. The van der Waals surface area contributed by atoms with Crippen LogP contribution in [0.3, 0.4) is 0 Å². The van der Waals surface area contributed by atoms with E-state index in [2.05, 4.69) is 15.4 Å². The number of hydrogen-bond donors (Lipinski definition) is 1. The summed E-state index contributed by atoms with van der Waals surface area (Å²) in [6, 6.07) is 0.159. The second-order valence-electron chi connectivity index (χ2n) is 5.55. The first-order valence-electron chi connectivity index (χ1n) is 6.98. The van der Waals surface area contributed by atoms with E-state index in [1.807, 2.05) is 14.1 Å². The Morgan fingerprint density at radius 1 is 1.35 bits per heavy atom. The summed E-state index contributed by atoms with van der Waals surface area (Å²) in [5.74, 6) is 0.0173. The van der Waals surface area contributed by atoms with E-state index in [9.17, 15) is 13.2 Å². The maximum absolute atomic E-state index is 12.7. The van der Waals surface area contributed by atoms with Crippen LogP contribution in [0.15, 0.2) is 6.33 Å². The van der Waals surface area contributed by atoms with Gasteiger partial charge in [0.2, 0.25) is 0 Å². The zero-order valence-electron chi connectivity index (χ0n) is 11.8. The molecule has 0 bridgehead atoms. The normalized spacial score (nSPS) is 25.6. The summed E-state index contributed by atoms with van der Waals surface area (Å²) >= 11 is 0. The summed E-state index contributed by atoms with van der Waals surface area (Å²) in [6.07, 6.45) is -0.113. The van der Waals surface area contributed by atoms with Gasteiger partial charge in [-0.3, -0.25) is 4.68 Å². The lowest BCUT2D eigenvalue weighted by Gasteiger charge is -2.34. The van der Waals surface area contributed by atoms with Gasteiger partial charge in [-0.05, 0) is 38.6 Å². The van der Waals surface area contributed by atoms with Crippen LogP contribution >= 0.6 is 0 Å². The highest BCUT2D eigenvalue weighted by atomic mass is 19.4. The number of alkyl halides is 3. The maximum atomic E-state index is 12.7. The number of nitrogens with zero attached hydrogens (tertiary/aromatic N) is 3. The Morgan fingerprint density at radius 3 is 2.45 bits per heavy atom. The first kappa shape index (κ1) is 15.3. The molecule has 114 valence electrons. The molecular weight excluding hydrogens is 269 g/mol. The van der Waals surface area contributed by atoms with Crippen molar-refractivity contribution in [2.45, 2.75) is 44.3 Å². The van der Waals surface area contributed by atoms with Gasteiger partial charge in [0.05, 0.1) is 5.92 Å². The summed E-state index contributed by atoms with van der Waals surface area (Å²) in [6.45, 7) is 0. The molecule has 1 heterocycles. The van der Waals surface area contributed by atoms with Crippen molar-refractivity contribution in [3.8, 4) is 0 Å². The van der Waals surface area contributed by atoms with E-state index in [1.165, 1.54) is 6.33 Å². The molecule has 1 aromatic rings. The Bertz CT molecular complexity index is 421. The Hall–Kier alpha value is -1.11. The predicted molar refractivity (Wildman–Crippen MR) is 69.1 cm³/mol. The fraction of sp³-hybridized carbons (Fsp3) is 0.846. The van der Waals surface area contributed by atoms with E-state index in [0.29, 0.717) is 19.3 Å². The van der Waals surface area contributed by atoms with Crippen molar-refractivity contribution in [1.29, 1.82) is 0 Å². The summed E-state index contributed by atoms with van der Waals surface area (Å²) in [5, 5.41) is 7.25. The smallest absolute Gasteiger partial charge is 0.316 e. The number of aryl methyl sites for hydroxylation is 1. The van der Waals surface area contributed by atoms with Crippen molar-refractivity contribution < 1.29 is 13.2 Å². The van der Waals surface area contributed by atoms with Crippen LogP contribution < -0.4 is 5.32 Å². The molecule has 1 unspecified atom stereocenters. The molecule has 1 saturated carbocycles. The molecule has 1 aliphatic carbocycles. The second kappa shape index (κ2) is 6.11. The molecule has 1 fully saturated rings. The monoisotopic (exact) mass is 290 g/mol. The SMILES string of the molecule is CNC(Cc1ncnn1C)C1CCC(C(F)(F)F)CC1. The second-order valence-corrected chi connectivity index (χ2v) is 5.55. The third-order valence-electron chi connectivity index (χ3n) is 4.38. The van der Waals surface area contributed by atoms with Gasteiger partial charge >= 0.3 is 6.18 Å². The molecule has 0 radical (unpaired) electrons. The quantitative estimate of drug-likeness (QED) is 0.925. The molecule has 20 heavy (non-hydrogen) atoms. The third kappa shape index (κ3) is 3.50. The summed E-state index contributed by atoms with van der Waals surface area (Å²) in [7, 11) is 3.69. The van der Waals surface area contributed by atoms with Gasteiger partial charge in [-0.1, -0.05) is 0 Å². The number of hydrogen-bond acceptors (Lipinski definition) is 3. The maximum Gasteiger partial charge on any atom is 0.391 e. The molecular formula is C13H21F3N4. The van der Waals surface area contributed by atoms with E-state index >= 15 is 0 Å². The summed E-state index contributed by atoms with van der Waals surface area (Å²) < 4.78 is 39.7. The molecule has 1 N–H and O–H groups in total. The standard InChI is InChI=1S/C13H21F3N4/c1-17-11(7-12-18-8-19-20(12)2)9-3-5-10(6-4-9)13(14,15)16/h8-11,17H,3-7H2,1-2H3. The molecule has 7 heteroatoms. The van der Waals surface area contributed by atoms with Gasteiger partial charge in [-0.15, -0.1) is 0 Å². The van der Waals surface area contributed by atoms with Gasteiger partial charge in [-0.25, -0.2) is 4.98 Å². The average Bonchev–Trinajstić information content (AvgIpc) is 2.80. The first-order valence-corrected chi connectivity index (χ1v) is 6.98. The van der Waals surface area contributed by atoms with Crippen LogP contribution in [0.4, 0.5) is 13.2 Å². The topological polar surface area (TPSA) is 42.7 Å². The van der Waals surface area contributed by atoms with Crippen molar-refractivity contribution in [2.24, 2.45) is 18.9 Å². The zero-order chi connectivity index (χ0) is 14.8. The zero-order valence-corrected chi connectivity index (χ0v) is 11.8. The molecule has 0 aliphatic heterocycles. The van der Waals surface area contributed by atoms with Crippen LogP contribution in [-0.2, 0) is 13.5 Å². The van der Waals surface area contributed by atoms with Crippen molar-refractivity contribution in [1.82, 2.24) is 20.1 Å². The van der Waals surface area contributed by atoms with E-state index < -0.39 is 12.1 Å². The molecule has 4 nitrogen and oxygen atoms in total. The van der Waals surface area contributed by atoms with Crippen LogP contribution in [0.5, 0.6) is 0 Å². The highest BCUT2D eigenvalue weighted by Gasteiger charge is 2.42. The van der Waals surface area contributed by atoms with Crippen molar-refractivity contribution in [3.05, 3.63) is 12.2 Å². The van der Waals surface area contributed by atoms with Gasteiger partial charge in [0.15, 0.2) is 0 Å². The van der Waals surface area contributed by atoms with Crippen molar-refractivity contribution in [3.63, 3.8) is 0 Å². The fourth-order valence-electron chi connectivity index (χ4n) is 3.05. The van der Waals surface area contributed by atoms with E-state index in [0.717, 1.165) is 5.82 Å². The third-order valence-corrected chi connectivity index (χ3v) is 4.38. The molecule has 2 rings (SSSR count). The molecule has 1 aromatic heterocycles. The van der Waals surface area contributed by atoms with Gasteiger partial charge in [-0.2, -0.15) is 18.3 Å². The Labute approximate surface area is 116 Å². The van der Waals surface area contributed by atoms with Gasteiger partial charge < -0.3 is 5.32 Å². The van der Waals surface area contributed by atoms with Gasteiger partial charge in [0.1, 0.15) is 12.2 Å². The fourth-order valence-corrected chi connectivity index (χ4v) is 3.05. The molecule has 1 aliphatic rings. The summed E-state index contributed by atoms with van der Waals surface area (Å²) in [5.41, 5.74) is 0. The largest absolute Gasteiger partial charge is 0.391 e. The highest BCUT2D eigenvalue weighted by Crippen LogP contribution is 2.40. The number of aromatic nitrogens is 3. The molecule has 0 aromatic carbocycles. The van der Waals surface area contributed by atoms with Gasteiger partial charge in [0, 0.05) is 19.5 Å². The number of likely N-dealkylation sites (N-methyl/N-ethyl adjacent to an activating group) is 1. The number of nitrogens with one attached hydrogen (secondary N) is 1. The van der Waals surface area contributed by atoms with Crippen LogP contribution in [0.25, 0.3) is 0 Å². The minimum Gasteiger partial charge on any atom is -0.316 e. The molecule has 0 saturated heterocycles. The Balaban J connectivity index is 1.92. The minimum atomic E-state index is -4.04. The van der Waals surface area contributed by atoms with Gasteiger partial charge in [0.25, 0.3) is 0 Å². The lowest BCUT2D eigenvalue weighted by atomic mass is 9.77. The highest BCUT2D eigenvalue weighted by molar-refractivity contribution is 4.93. The molecule has 1 atom stereocenters. The number of rotatable bonds is 4. The van der Waals surface area contributed by atoms with Crippen molar-refractivity contribution >= 4 is 0 Å². The Morgan fingerprint density at radius 2 is 2.00 bits per heavy atom. The summed E-state index contributed by atoms with van der Waals surface area (Å²) in [4.78, 5) is 4.18. The van der Waals surface area contributed by atoms with E-state index in [-0.39, 0.29) is 24.8 Å². The van der Waals surface area contributed by atoms with E-state index in [1.54, 1.807) is 4.68 Å².